The van der Waals surface area contributed by atoms with Crippen LogP contribution in [-0.2, 0) is 0 Å². The Morgan fingerprint density at radius 3 is 3.07 bits per heavy atom. The molecule has 1 atom stereocenters. The SMILES string of the molecule is CC(C)c1cnc(C2CSCCN2)o1. The molecule has 1 fully saturated rings. The molecule has 1 N–H and O–H groups in total. The van der Waals surface area contributed by atoms with E-state index in [1.807, 2.05) is 18.0 Å². The van der Waals surface area contributed by atoms with Gasteiger partial charge in [0.1, 0.15) is 5.76 Å². The van der Waals surface area contributed by atoms with Gasteiger partial charge in [0.2, 0.25) is 5.89 Å². The maximum absolute atomic E-state index is 5.70. The molecule has 1 aliphatic rings. The summed E-state index contributed by atoms with van der Waals surface area (Å²) in [5.41, 5.74) is 0. The molecule has 2 heterocycles. The van der Waals surface area contributed by atoms with Crippen molar-refractivity contribution >= 4 is 11.8 Å². The van der Waals surface area contributed by atoms with Crippen LogP contribution in [0.4, 0.5) is 0 Å². The van der Waals surface area contributed by atoms with Crippen molar-refractivity contribution in [2.45, 2.75) is 25.8 Å². The monoisotopic (exact) mass is 212 g/mol. The Hall–Kier alpha value is -0.480. The Labute approximate surface area is 88.7 Å². The number of oxazole rings is 1. The minimum absolute atomic E-state index is 0.307. The van der Waals surface area contributed by atoms with Crippen LogP contribution in [0.3, 0.4) is 0 Å². The predicted molar refractivity (Wildman–Crippen MR) is 58.7 cm³/mol. The molecule has 78 valence electrons. The van der Waals surface area contributed by atoms with Gasteiger partial charge in [-0.1, -0.05) is 13.8 Å². The number of nitrogens with one attached hydrogen (secondary N) is 1. The number of aromatic nitrogens is 1. The van der Waals surface area contributed by atoms with Crippen LogP contribution in [0.2, 0.25) is 0 Å². The molecule has 1 saturated heterocycles. The van der Waals surface area contributed by atoms with Crippen LogP contribution in [-0.4, -0.2) is 23.0 Å². The van der Waals surface area contributed by atoms with E-state index in [4.69, 9.17) is 4.42 Å². The lowest BCUT2D eigenvalue weighted by Crippen LogP contribution is -2.30. The zero-order chi connectivity index (χ0) is 9.97. The highest BCUT2D eigenvalue weighted by Crippen LogP contribution is 2.23. The minimum Gasteiger partial charge on any atom is -0.444 e. The first-order valence-electron chi connectivity index (χ1n) is 5.04. The van der Waals surface area contributed by atoms with E-state index in [2.05, 4.69) is 24.1 Å². The highest BCUT2D eigenvalue weighted by Gasteiger charge is 2.20. The molecule has 1 aliphatic heterocycles. The largest absolute Gasteiger partial charge is 0.444 e. The van der Waals surface area contributed by atoms with Crippen molar-refractivity contribution in [3.05, 3.63) is 17.8 Å². The van der Waals surface area contributed by atoms with Crippen molar-refractivity contribution in [2.75, 3.05) is 18.1 Å². The van der Waals surface area contributed by atoms with Gasteiger partial charge in [-0.05, 0) is 0 Å². The first kappa shape index (κ1) is 10.1. The molecule has 3 nitrogen and oxygen atoms in total. The summed E-state index contributed by atoms with van der Waals surface area (Å²) in [4.78, 5) is 4.32. The summed E-state index contributed by atoms with van der Waals surface area (Å²) >= 11 is 1.95. The lowest BCUT2D eigenvalue weighted by molar-refractivity contribution is 0.390. The van der Waals surface area contributed by atoms with Crippen LogP contribution >= 0.6 is 11.8 Å². The van der Waals surface area contributed by atoms with Gasteiger partial charge >= 0.3 is 0 Å². The molecule has 4 heteroatoms. The molecule has 0 bridgehead atoms. The predicted octanol–water partition coefficient (Wildman–Crippen LogP) is 2.18. The van der Waals surface area contributed by atoms with Gasteiger partial charge in [0.15, 0.2) is 0 Å². The third-order valence-electron chi connectivity index (χ3n) is 2.33. The summed E-state index contributed by atoms with van der Waals surface area (Å²) in [5, 5.41) is 3.41. The average Bonchev–Trinajstić information content (AvgIpc) is 2.68. The van der Waals surface area contributed by atoms with Gasteiger partial charge in [-0.15, -0.1) is 0 Å². The van der Waals surface area contributed by atoms with E-state index in [0.717, 1.165) is 23.9 Å². The number of thioether (sulfide) groups is 1. The first-order valence-corrected chi connectivity index (χ1v) is 6.19. The topological polar surface area (TPSA) is 38.1 Å². The summed E-state index contributed by atoms with van der Waals surface area (Å²) in [6, 6.07) is 0.307. The zero-order valence-corrected chi connectivity index (χ0v) is 9.43. The number of hydrogen-bond donors (Lipinski definition) is 1. The summed E-state index contributed by atoms with van der Waals surface area (Å²) in [5.74, 6) is 4.51. The van der Waals surface area contributed by atoms with Crippen molar-refractivity contribution in [2.24, 2.45) is 0 Å². The molecule has 0 spiro atoms. The lowest BCUT2D eigenvalue weighted by atomic mass is 10.2. The second-order valence-electron chi connectivity index (χ2n) is 3.84. The summed E-state index contributed by atoms with van der Waals surface area (Å²) in [6.07, 6.45) is 1.85. The van der Waals surface area contributed by atoms with Gasteiger partial charge in [-0.3, -0.25) is 0 Å². The summed E-state index contributed by atoms with van der Waals surface area (Å²) < 4.78 is 5.70. The van der Waals surface area contributed by atoms with Crippen LogP contribution < -0.4 is 5.32 Å². The van der Waals surface area contributed by atoms with Crippen LogP contribution in [0.15, 0.2) is 10.6 Å². The van der Waals surface area contributed by atoms with Crippen LogP contribution in [0.5, 0.6) is 0 Å². The Balaban J connectivity index is 2.07. The molecule has 0 amide bonds. The molecular formula is C10H16N2OS. The third-order valence-corrected chi connectivity index (χ3v) is 3.39. The highest BCUT2D eigenvalue weighted by atomic mass is 32.2. The van der Waals surface area contributed by atoms with Crippen molar-refractivity contribution < 1.29 is 4.42 Å². The van der Waals surface area contributed by atoms with Crippen molar-refractivity contribution in [1.29, 1.82) is 0 Å². The summed E-state index contributed by atoms with van der Waals surface area (Å²) in [6.45, 7) is 5.29. The second-order valence-corrected chi connectivity index (χ2v) is 4.99. The van der Waals surface area contributed by atoms with Crippen molar-refractivity contribution in [3.8, 4) is 0 Å². The van der Waals surface area contributed by atoms with Gasteiger partial charge in [-0.25, -0.2) is 4.98 Å². The Bertz CT molecular complexity index is 292. The molecule has 0 aromatic carbocycles. The molecular weight excluding hydrogens is 196 g/mol. The van der Waals surface area contributed by atoms with E-state index in [9.17, 15) is 0 Å². The smallest absolute Gasteiger partial charge is 0.212 e. The highest BCUT2D eigenvalue weighted by molar-refractivity contribution is 7.99. The molecule has 0 radical (unpaired) electrons. The molecule has 2 rings (SSSR count). The fraction of sp³-hybridized carbons (Fsp3) is 0.700. The molecule has 1 aromatic heterocycles. The lowest BCUT2D eigenvalue weighted by Gasteiger charge is -2.19. The standard InChI is InChI=1S/C10H16N2OS/c1-7(2)9-5-12-10(13-9)8-6-14-4-3-11-8/h5,7-8,11H,3-4,6H2,1-2H3. The van der Waals surface area contributed by atoms with Crippen LogP contribution in [0.1, 0.15) is 37.5 Å². The number of rotatable bonds is 2. The average molecular weight is 212 g/mol. The second kappa shape index (κ2) is 4.36. The summed E-state index contributed by atoms with van der Waals surface area (Å²) in [7, 11) is 0. The van der Waals surface area contributed by atoms with Gasteiger partial charge in [0.05, 0.1) is 12.2 Å². The van der Waals surface area contributed by atoms with Gasteiger partial charge in [-0.2, -0.15) is 11.8 Å². The quantitative estimate of drug-likeness (QED) is 0.815. The van der Waals surface area contributed by atoms with E-state index in [-0.39, 0.29) is 0 Å². The maximum atomic E-state index is 5.70. The van der Waals surface area contributed by atoms with E-state index in [0.29, 0.717) is 12.0 Å². The van der Waals surface area contributed by atoms with Gasteiger partial charge in [0.25, 0.3) is 0 Å². The maximum Gasteiger partial charge on any atom is 0.212 e. The fourth-order valence-corrected chi connectivity index (χ4v) is 2.38. The molecule has 1 unspecified atom stereocenters. The van der Waals surface area contributed by atoms with Crippen molar-refractivity contribution in [1.82, 2.24) is 10.3 Å². The zero-order valence-electron chi connectivity index (χ0n) is 8.62. The molecule has 1 aromatic rings. The Morgan fingerprint density at radius 2 is 2.50 bits per heavy atom. The normalized spacial score (nSPS) is 22.9. The Kier molecular flexibility index (Phi) is 3.13. The van der Waals surface area contributed by atoms with Gasteiger partial charge in [0, 0.05) is 24.0 Å². The van der Waals surface area contributed by atoms with E-state index in [1.54, 1.807) is 0 Å². The Morgan fingerprint density at radius 1 is 1.64 bits per heavy atom. The minimum atomic E-state index is 0.307. The fourth-order valence-electron chi connectivity index (χ4n) is 1.45. The molecule has 14 heavy (non-hydrogen) atoms. The van der Waals surface area contributed by atoms with Crippen LogP contribution in [0, 0.1) is 0 Å². The van der Waals surface area contributed by atoms with E-state index < -0.39 is 0 Å². The van der Waals surface area contributed by atoms with Crippen molar-refractivity contribution in [3.63, 3.8) is 0 Å². The number of nitrogens with zero attached hydrogens (tertiary/aromatic N) is 1. The van der Waals surface area contributed by atoms with E-state index >= 15 is 0 Å². The number of hydrogen-bond acceptors (Lipinski definition) is 4. The van der Waals surface area contributed by atoms with Gasteiger partial charge < -0.3 is 9.73 Å². The third kappa shape index (κ3) is 2.12. The van der Waals surface area contributed by atoms with Crippen LogP contribution in [0.25, 0.3) is 0 Å². The molecule has 0 saturated carbocycles. The van der Waals surface area contributed by atoms with E-state index in [1.165, 1.54) is 5.75 Å². The molecule has 0 aliphatic carbocycles. The first-order chi connectivity index (χ1) is 6.77.